The van der Waals surface area contributed by atoms with Crippen molar-refractivity contribution in [2.24, 2.45) is 0 Å². The van der Waals surface area contributed by atoms with Crippen LogP contribution in [-0.4, -0.2) is 80.3 Å². The minimum atomic E-state index is -0.137. The van der Waals surface area contributed by atoms with Crippen LogP contribution in [0.5, 0.6) is 0 Å². The van der Waals surface area contributed by atoms with Crippen molar-refractivity contribution in [3.8, 4) is 0 Å². The van der Waals surface area contributed by atoms with Gasteiger partial charge in [0.05, 0.1) is 6.04 Å². The lowest BCUT2D eigenvalue weighted by molar-refractivity contribution is -0.125. The summed E-state index contributed by atoms with van der Waals surface area (Å²) in [5, 5.41) is 5.52. The van der Waals surface area contributed by atoms with Gasteiger partial charge in [0.25, 0.3) is 0 Å². The number of nitrogens with zero attached hydrogens (tertiary/aromatic N) is 2. The lowest BCUT2D eigenvalue weighted by atomic mass is 10.4. The third-order valence-corrected chi connectivity index (χ3v) is 3.95. The van der Waals surface area contributed by atoms with Gasteiger partial charge in [0, 0.05) is 39.0 Å². The number of amides is 2. The minimum absolute atomic E-state index is 0.0118. The van der Waals surface area contributed by atoms with E-state index in [2.05, 4.69) is 20.4 Å². The first-order valence-electron chi connectivity index (χ1n) is 8.32. The summed E-state index contributed by atoms with van der Waals surface area (Å²) in [6.45, 7) is 4.97. The molecule has 2 amide bonds. The zero-order chi connectivity index (χ0) is 17.2. The Labute approximate surface area is 138 Å². The molecule has 0 aromatic rings. The van der Waals surface area contributed by atoms with Crippen molar-refractivity contribution in [3.63, 3.8) is 0 Å². The molecule has 0 bridgehead atoms. The first-order chi connectivity index (χ1) is 10.9. The fourth-order valence-electron chi connectivity index (χ4n) is 2.60. The molecule has 0 radical (unpaired) electrons. The molecule has 0 aromatic carbocycles. The van der Waals surface area contributed by atoms with Gasteiger partial charge >= 0.3 is 0 Å². The lowest BCUT2D eigenvalue weighted by Gasteiger charge is -2.25. The molecule has 1 aliphatic rings. The molecule has 1 atom stereocenters. The fourth-order valence-corrected chi connectivity index (χ4v) is 2.60. The number of hydrogen-bond donors (Lipinski definition) is 2. The highest BCUT2D eigenvalue weighted by molar-refractivity contribution is 5.83. The van der Waals surface area contributed by atoms with Crippen molar-refractivity contribution in [2.75, 3.05) is 46.8 Å². The number of rotatable bonds is 10. The van der Waals surface area contributed by atoms with E-state index in [1.165, 1.54) is 6.92 Å². The highest BCUT2D eigenvalue weighted by Gasteiger charge is 2.30. The molecule has 0 saturated carbocycles. The van der Waals surface area contributed by atoms with Crippen molar-refractivity contribution in [2.45, 2.75) is 38.6 Å². The molecule has 0 aromatic heterocycles. The number of carbonyl (C=O) groups excluding carboxylic acids is 3. The first kappa shape index (κ1) is 19.6. The van der Waals surface area contributed by atoms with E-state index in [9.17, 15) is 14.4 Å². The van der Waals surface area contributed by atoms with Crippen LogP contribution in [0.1, 0.15) is 32.6 Å². The van der Waals surface area contributed by atoms with Crippen molar-refractivity contribution < 1.29 is 14.4 Å². The lowest BCUT2D eigenvalue weighted by Crippen LogP contribution is -2.46. The van der Waals surface area contributed by atoms with E-state index in [1.807, 2.05) is 14.1 Å². The predicted molar refractivity (Wildman–Crippen MR) is 89.1 cm³/mol. The van der Waals surface area contributed by atoms with E-state index >= 15 is 0 Å². The molecule has 23 heavy (non-hydrogen) atoms. The Morgan fingerprint density at radius 2 is 1.83 bits per heavy atom. The summed E-state index contributed by atoms with van der Waals surface area (Å²) in [7, 11) is 4.05. The number of Topliss-reactive ketones (excluding diaryl/α,β-unsaturated/α-hetero) is 1. The van der Waals surface area contributed by atoms with Gasteiger partial charge in [-0.1, -0.05) is 0 Å². The van der Waals surface area contributed by atoms with Crippen LogP contribution >= 0.6 is 0 Å². The zero-order valence-electron chi connectivity index (χ0n) is 14.6. The Kier molecular flexibility index (Phi) is 8.79. The minimum Gasteiger partial charge on any atom is -0.356 e. The Balaban J connectivity index is 2.22. The summed E-state index contributed by atoms with van der Waals surface area (Å²) in [6, 6.07) is -0.0734. The van der Waals surface area contributed by atoms with E-state index in [4.69, 9.17) is 0 Å². The van der Waals surface area contributed by atoms with E-state index in [1.54, 1.807) is 0 Å². The topological polar surface area (TPSA) is 81.8 Å². The van der Waals surface area contributed by atoms with Crippen molar-refractivity contribution in [1.82, 2.24) is 20.4 Å². The number of ketones is 1. The number of likely N-dealkylation sites (N-methyl/N-ethyl adjacent to an activating group) is 1. The van der Waals surface area contributed by atoms with Crippen LogP contribution in [0.2, 0.25) is 0 Å². The molecular weight excluding hydrogens is 306 g/mol. The largest absolute Gasteiger partial charge is 0.356 e. The molecule has 1 saturated heterocycles. The second-order valence-corrected chi connectivity index (χ2v) is 6.34. The normalized spacial score (nSPS) is 18.2. The molecule has 2 N–H and O–H groups in total. The van der Waals surface area contributed by atoms with Crippen LogP contribution < -0.4 is 10.6 Å². The maximum absolute atomic E-state index is 12.2. The van der Waals surface area contributed by atoms with Crippen LogP contribution in [0.15, 0.2) is 0 Å². The summed E-state index contributed by atoms with van der Waals surface area (Å²) in [5.74, 6) is -0.0714. The summed E-state index contributed by atoms with van der Waals surface area (Å²) in [6.07, 6.45) is 2.51. The van der Waals surface area contributed by atoms with Crippen LogP contribution in [0, 0.1) is 0 Å². The molecule has 1 aliphatic heterocycles. The molecule has 7 nitrogen and oxygen atoms in total. The van der Waals surface area contributed by atoms with Crippen molar-refractivity contribution in [1.29, 1.82) is 0 Å². The van der Waals surface area contributed by atoms with Gasteiger partial charge in [-0.2, -0.15) is 0 Å². The van der Waals surface area contributed by atoms with Gasteiger partial charge in [0.2, 0.25) is 11.8 Å². The maximum atomic E-state index is 12.2. The number of nitrogens with one attached hydrogen (secondary N) is 2. The van der Waals surface area contributed by atoms with Crippen LogP contribution in [0.25, 0.3) is 0 Å². The summed E-state index contributed by atoms with van der Waals surface area (Å²) >= 11 is 0. The molecule has 1 rings (SSSR count). The van der Waals surface area contributed by atoms with Gasteiger partial charge in [0.15, 0.2) is 0 Å². The summed E-state index contributed by atoms with van der Waals surface area (Å²) in [4.78, 5) is 38.9. The number of carbonyl (C=O) groups is 3. The molecular formula is C16H30N4O3. The average Bonchev–Trinajstić information content (AvgIpc) is 2.93. The molecule has 1 heterocycles. The van der Waals surface area contributed by atoms with Crippen LogP contribution in [0.4, 0.5) is 0 Å². The standard InChI is InChI=1S/C16H30N4O3/c1-13(21)6-8-17-15(22)7-9-18-16(23)14-5-4-10-20(14)12-11-19(2)3/h14H,4-12H2,1-3H3,(H,17,22)(H,18,23)/i6+1,7+1,8+1,13+1,14+1,15+1,16+1,17+1,19+1,20+1. The van der Waals surface area contributed by atoms with Gasteiger partial charge in [-0.05, 0) is 40.4 Å². The first-order valence-corrected chi connectivity index (χ1v) is 8.32. The van der Waals surface area contributed by atoms with E-state index < -0.39 is 0 Å². The number of likely N-dealkylation sites (tertiary alicyclic amines) is 1. The fraction of sp³-hybridized carbons (Fsp3) is 0.812. The van der Waals surface area contributed by atoms with E-state index in [0.717, 1.165) is 32.5 Å². The predicted octanol–water partition coefficient (Wildman–Crippen LogP) is -0.386. The van der Waals surface area contributed by atoms with Gasteiger partial charge in [-0.15, -0.1) is 0 Å². The quantitative estimate of drug-likeness (QED) is 0.420. The Bertz CT molecular complexity index is 412. The Hall–Kier alpha value is -1.47. The number of hydrogen-bond acceptors (Lipinski definition) is 5. The molecule has 1 fully saturated rings. The molecule has 7 heteroatoms. The molecule has 1 unspecified atom stereocenters. The van der Waals surface area contributed by atoms with Crippen LogP contribution in [0.3, 0.4) is 0 Å². The van der Waals surface area contributed by atoms with E-state index in [0.29, 0.717) is 19.5 Å². The zero-order valence-corrected chi connectivity index (χ0v) is 14.6. The van der Waals surface area contributed by atoms with Gasteiger partial charge < -0.3 is 15.5 Å². The smallest absolute Gasteiger partial charge is 0.237 e. The van der Waals surface area contributed by atoms with Crippen molar-refractivity contribution >= 4 is 17.6 Å². The molecule has 132 valence electrons. The third kappa shape index (κ3) is 8.08. The van der Waals surface area contributed by atoms with Gasteiger partial charge in [-0.25, -0.2) is 0 Å². The SMILES string of the molecule is C[13C](=O)[13CH2][13CH2][15NH][13C](=O)[13CH2]CN[13C](=O)[13CH]1CCC[15N]1CC[15N](C)C. The van der Waals surface area contributed by atoms with E-state index in [-0.39, 0.29) is 30.1 Å². The molecule has 0 spiro atoms. The molecule has 0 aliphatic carbocycles. The highest BCUT2D eigenvalue weighted by Crippen LogP contribution is 2.16. The average molecular weight is 336 g/mol. The second-order valence-electron chi connectivity index (χ2n) is 6.34. The second kappa shape index (κ2) is 10.3. The monoisotopic (exact) mass is 336 g/mol. The maximum Gasteiger partial charge on any atom is 0.237 e. The third-order valence-electron chi connectivity index (χ3n) is 3.95. The summed E-state index contributed by atoms with van der Waals surface area (Å²) in [5.41, 5.74) is 0. The highest BCUT2D eigenvalue weighted by atomic mass is 16.3. The van der Waals surface area contributed by atoms with Crippen LogP contribution in [-0.2, 0) is 14.4 Å². The van der Waals surface area contributed by atoms with Gasteiger partial charge in [-0.3, -0.25) is 19.3 Å². The Morgan fingerprint density at radius 3 is 2.48 bits per heavy atom. The van der Waals surface area contributed by atoms with Crippen molar-refractivity contribution in [3.05, 3.63) is 0 Å². The Morgan fingerprint density at radius 1 is 1.13 bits per heavy atom. The van der Waals surface area contributed by atoms with Gasteiger partial charge in [0.1, 0.15) is 5.78 Å². The summed E-state index contributed by atoms with van der Waals surface area (Å²) < 4.78 is 0.